The Morgan fingerprint density at radius 2 is 2.00 bits per heavy atom. The smallest absolute Gasteiger partial charge is 0.127 e. The highest BCUT2D eigenvalue weighted by molar-refractivity contribution is 9.10. The lowest BCUT2D eigenvalue weighted by atomic mass is 10.1. The van der Waals surface area contributed by atoms with E-state index in [0.29, 0.717) is 0 Å². The highest BCUT2D eigenvalue weighted by Gasteiger charge is 2.07. The molecule has 3 aromatic rings. The van der Waals surface area contributed by atoms with Gasteiger partial charge in [0.05, 0.1) is 13.7 Å². The number of methoxy groups -OCH3 is 1. The van der Waals surface area contributed by atoms with Crippen LogP contribution in [0.15, 0.2) is 53.1 Å². The predicted molar refractivity (Wildman–Crippen MR) is 93.2 cm³/mol. The molecule has 0 radical (unpaired) electrons. The van der Waals surface area contributed by atoms with Crippen molar-refractivity contribution in [3.05, 3.63) is 64.3 Å². The molecule has 114 valence electrons. The van der Waals surface area contributed by atoms with Crippen LogP contribution in [0, 0.1) is 0 Å². The van der Waals surface area contributed by atoms with Gasteiger partial charge in [-0.2, -0.15) is 0 Å². The minimum Gasteiger partial charge on any atom is -0.496 e. The second-order valence-corrected chi connectivity index (χ2v) is 6.26. The van der Waals surface area contributed by atoms with E-state index in [-0.39, 0.29) is 0 Å². The molecule has 0 bridgehead atoms. The van der Waals surface area contributed by atoms with Crippen LogP contribution in [0.4, 0.5) is 0 Å². The van der Waals surface area contributed by atoms with Crippen molar-refractivity contribution in [2.45, 2.75) is 13.0 Å². The van der Waals surface area contributed by atoms with E-state index < -0.39 is 0 Å². The molecule has 1 heterocycles. The second kappa shape index (κ2) is 6.99. The van der Waals surface area contributed by atoms with E-state index >= 15 is 0 Å². The van der Waals surface area contributed by atoms with Crippen LogP contribution in [0.5, 0.6) is 5.75 Å². The number of nitrogens with two attached hydrogens (primary N) is 1. The van der Waals surface area contributed by atoms with E-state index in [2.05, 4.69) is 62.8 Å². The molecular weight excluding hydrogens is 340 g/mol. The first-order valence-corrected chi connectivity index (χ1v) is 8.26. The average molecular weight is 360 g/mol. The monoisotopic (exact) mass is 359 g/mol. The van der Waals surface area contributed by atoms with E-state index in [1.165, 1.54) is 22.0 Å². The molecule has 0 aliphatic rings. The minimum absolute atomic E-state index is 0.922. The van der Waals surface area contributed by atoms with Crippen LogP contribution in [0.25, 0.3) is 10.9 Å². The molecule has 0 spiro atoms. The summed E-state index contributed by atoms with van der Waals surface area (Å²) in [4.78, 5) is 3.33. The number of nitrogens with one attached hydrogen (secondary N) is 1. The van der Waals surface area contributed by atoms with Gasteiger partial charge in [-0.1, -0.05) is 34.1 Å². The SMILES string of the molecule is COc1ccc(Br)cc1C[NH2+]CCc1c[nH]c2ccccc12. The second-order valence-electron chi connectivity index (χ2n) is 5.35. The summed E-state index contributed by atoms with van der Waals surface area (Å²) < 4.78 is 6.51. The first kappa shape index (κ1) is 15.1. The number of H-pyrrole nitrogens is 1. The Hall–Kier alpha value is -1.78. The molecule has 2 aromatic carbocycles. The maximum Gasteiger partial charge on any atom is 0.127 e. The van der Waals surface area contributed by atoms with E-state index in [4.69, 9.17) is 4.74 Å². The molecule has 0 amide bonds. The Balaban J connectivity index is 1.59. The number of quaternary nitrogens is 1. The van der Waals surface area contributed by atoms with Gasteiger partial charge in [0.2, 0.25) is 0 Å². The first-order chi connectivity index (χ1) is 10.8. The summed E-state index contributed by atoms with van der Waals surface area (Å²) in [6.45, 7) is 1.97. The van der Waals surface area contributed by atoms with Crippen molar-refractivity contribution in [2.75, 3.05) is 13.7 Å². The van der Waals surface area contributed by atoms with Crippen molar-refractivity contribution in [2.24, 2.45) is 0 Å². The lowest BCUT2D eigenvalue weighted by molar-refractivity contribution is -0.670. The normalized spacial score (nSPS) is 11.0. The molecule has 0 saturated heterocycles. The number of fused-ring (bicyclic) bond motifs is 1. The molecule has 22 heavy (non-hydrogen) atoms. The van der Waals surface area contributed by atoms with Crippen LogP contribution >= 0.6 is 15.9 Å². The van der Waals surface area contributed by atoms with Gasteiger partial charge in [0.1, 0.15) is 12.3 Å². The van der Waals surface area contributed by atoms with Gasteiger partial charge in [0, 0.05) is 33.6 Å². The third-order valence-electron chi connectivity index (χ3n) is 3.90. The summed E-state index contributed by atoms with van der Waals surface area (Å²) in [6.07, 6.45) is 3.18. The van der Waals surface area contributed by atoms with E-state index in [9.17, 15) is 0 Å². The van der Waals surface area contributed by atoms with Crippen LogP contribution in [0.1, 0.15) is 11.1 Å². The molecule has 0 atom stereocenters. The fourth-order valence-corrected chi connectivity index (χ4v) is 3.17. The minimum atomic E-state index is 0.922. The molecule has 0 saturated carbocycles. The third kappa shape index (κ3) is 3.34. The highest BCUT2D eigenvalue weighted by atomic mass is 79.9. The summed E-state index contributed by atoms with van der Waals surface area (Å²) in [6, 6.07) is 14.6. The molecule has 3 N–H and O–H groups in total. The molecule has 0 aliphatic heterocycles. The number of ether oxygens (including phenoxy) is 1. The summed E-state index contributed by atoms with van der Waals surface area (Å²) in [5.74, 6) is 0.951. The molecule has 0 unspecified atom stereocenters. The van der Waals surface area contributed by atoms with Gasteiger partial charge in [0.15, 0.2) is 0 Å². The summed E-state index contributed by atoms with van der Waals surface area (Å²) in [7, 11) is 1.72. The molecule has 0 aliphatic carbocycles. The average Bonchev–Trinajstić information content (AvgIpc) is 2.95. The Morgan fingerprint density at radius 3 is 2.86 bits per heavy atom. The van der Waals surface area contributed by atoms with Gasteiger partial charge in [0.25, 0.3) is 0 Å². The molecule has 1 aromatic heterocycles. The number of halogens is 1. The fraction of sp³-hybridized carbons (Fsp3) is 0.222. The molecule has 4 heteroatoms. The van der Waals surface area contributed by atoms with Crippen LogP contribution in [-0.4, -0.2) is 18.6 Å². The van der Waals surface area contributed by atoms with Gasteiger partial charge >= 0.3 is 0 Å². The topological polar surface area (TPSA) is 41.6 Å². The third-order valence-corrected chi connectivity index (χ3v) is 4.39. The number of hydrogen-bond donors (Lipinski definition) is 2. The molecule has 3 rings (SSSR count). The predicted octanol–water partition coefficient (Wildman–Crippen LogP) is 3.25. The molecule has 0 fully saturated rings. The van der Waals surface area contributed by atoms with Crippen LogP contribution in [-0.2, 0) is 13.0 Å². The van der Waals surface area contributed by atoms with Gasteiger partial charge < -0.3 is 15.0 Å². The van der Waals surface area contributed by atoms with Crippen LogP contribution < -0.4 is 10.1 Å². The van der Waals surface area contributed by atoms with Crippen molar-refractivity contribution in [1.29, 1.82) is 0 Å². The Bertz CT molecular complexity index is 767. The van der Waals surface area contributed by atoms with Gasteiger partial charge in [-0.05, 0) is 29.8 Å². The zero-order valence-corrected chi connectivity index (χ0v) is 14.2. The van der Waals surface area contributed by atoms with E-state index in [1.807, 2.05) is 12.1 Å². The van der Waals surface area contributed by atoms with E-state index in [0.717, 1.165) is 29.7 Å². The summed E-state index contributed by atoms with van der Waals surface area (Å²) >= 11 is 3.52. The maximum absolute atomic E-state index is 5.42. The lowest BCUT2D eigenvalue weighted by Crippen LogP contribution is -2.83. The van der Waals surface area contributed by atoms with Gasteiger partial charge in [-0.25, -0.2) is 0 Å². The number of rotatable bonds is 6. The molecular formula is C18H20BrN2O+. The van der Waals surface area contributed by atoms with Crippen LogP contribution in [0.3, 0.4) is 0 Å². The number of benzene rings is 2. The summed E-state index contributed by atoms with van der Waals surface area (Å²) in [5, 5.41) is 3.66. The van der Waals surface area contributed by atoms with Crippen LogP contribution in [0.2, 0.25) is 0 Å². The Kier molecular flexibility index (Phi) is 4.80. The first-order valence-electron chi connectivity index (χ1n) is 7.47. The van der Waals surface area contributed by atoms with Crippen molar-refractivity contribution >= 4 is 26.8 Å². The largest absolute Gasteiger partial charge is 0.496 e. The lowest BCUT2D eigenvalue weighted by Gasteiger charge is -2.08. The number of hydrogen-bond acceptors (Lipinski definition) is 1. The Morgan fingerprint density at radius 1 is 1.14 bits per heavy atom. The Labute approximate surface area is 138 Å². The van der Waals surface area contributed by atoms with Crippen molar-refractivity contribution in [1.82, 2.24) is 4.98 Å². The van der Waals surface area contributed by atoms with Gasteiger partial charge in [-0.15, -0.1) is 0 Å². The zero-order chi connectivity index (χ0) is 15.4. The number of aromatic nitrogens is 1. The van der Waals surface area contributed by atoms with Crippen molar-refractivity contribution in [3.8, 4) is 5.75 Å². The maximum atomic E-state index is 5.42. The highest BCUT2D eigenvalue weighted by Crippen LogP contribution is 2.22. The summed E-state index contributed by atoms with van der Waals surface area (Å²) in [5.41, 5.74) is 3.81. The standard InChI is InChI=1S/C18H19BrN2O/c1-22-18-7-6-15(19)10-14(18)11-20-9-8-13-12-21-17-5-3-2-4-16(13)17/h2-7,10,12,20-21H,8-9,11H2,1H3/p+1. The van der Waals surface area contributed by atoms with E-state index in [1.54, 1.807) is 7.11 Å². The zero-order valence-electron chi connectivity index (χ0n) is 12.6. The van der Waals surface area contributed by atoms with Gasteiger partial charge in [-0.3, -0.25) is 0 Å². The van der Waals surface area contributed by atoms with Crippen molar-refractivity contribution < 1.29 is 10.1 Å². The fourth-order valence-electron chi connectivity index (χ4n) is 2.76. The molecule has 3 nitrogen and oxygen atoms in total. The van der Waals surface area contributed by atoms with Crippen molar-refractivity contribution in [3.63, 3.8) is 0 Å². The number of aromatic amines is 1. The quantitative estimate of drug-likeness (QED) is 0.651. The number of para-hydroxylation sites is 1.